The molecule has 0 spiro atoms. The number of aromatic hydroxyl groups is 1. The minimum absolute atomic E-state index is 0.232. The van der Waals surface area contributed by atoms with Gasteiger partial charge in [-0.2, -0.15) is 0 Å². The van der Waals surface area contributed by atoms with Crippen LogP contribution in [0.5, 0.6) is 5.75 Å². The van der Waals surface area contributed by atoms with Crippen molar-refractivity contribution in [3.63, 3.8) is 0 Å². The quantitative estimate of drug-likeness (QED) is 0.822. The molecule has 1 aromatic rings. The third-order valence-corrected chi connectivity index (χ3v) is 3.32. The van der Waals surface area contributed by atoms with Crippen molar-refractivity contribution in [3.8, 4) is 5.75 Å². The minimum atomic E-state index is 0.232. The Labute approximate surface area is 96.9 Å². The smallest absolute Gasteiger partial charge is 0.133 e. The summed E-state index contributed by atoms with van der Waals surface area (Å²) in [5, 5.41) is 12.7. The second-order valence-corrected chi connectivity index (χ2v) is 4.86. The van der Waals surface area contributed by atoms with Crippen molar-refractivity contribution >= 4 is 0 Å². The van der Waals surface area contributed by atoms with Gasteiger partial charge in [0, 0.05) is 12.6 Å². The van der Waals surface area contributed by atoms with Crippen molar-refractivity contribution < 1.29 is 5.11 Å². The van der Waals surface area contributed by atoms with E-state index in [1.807, 2.05) is 6.07 Å². The Morgan fingerprint density at radius 3 is 3.00 bits per heavy atom. The van der Waals surface area contributed by atoms with Gasteiger partial charge in [0.25, 0.3) is 0 Å². The van der Waals surface area contributed by atoms with Crippen LogP contribution in [0.15, 0.2) is 18.3 Å². The van der Waals surface area contributed by atoms with Crippen LogP contribution in [0, 0.1) is 5.92 Å². The van der Waals surface area contributed by atoms with Gasteiger partial charge >= 0.3 is 0 Å². The van der Waals surface area contributed by atoms with Gasteiger partial charge in [0.2, 0.25) is 0 Å². The average molecular weight is 220 g/mol. The zero-order valence-corrected chi connectivity index (χ0v) is 9.82. The summed E-state index contributed by atoms with van der Waals surface area (Å²) in [6.07, 6.45) is 6.76. The highest BCUT2D eigenvalue weighted by Gasteiger charge is 2.17. The molecule has 3 heteroatoms. The molecule has 0 aromatic carbocycles. The lowest BCUT2D eigenvalue weighted by Gasteiger charge is -2.27. The van der Waals surface area contributed by atoms with E-state index >= 15 is 0 Å². The van der Waals surface area contributed by atoms with Crippen molar-refractivity contribution in [2.24, 2.45) is 5.92 Å². The molecule has 1 aliphatic carbocycles. The Morgan fingerprint density at radius 1 is 1.44 bits per heavy atom. The fourth-order valence-corrected chi connectivity index (χ4v) is 2.39. The van der Waals surface area contributed by atoms with Crippen LogP contribution in [-0.4, -0.2) is 16.1 Å². The largest absolute Gasteiger partial charge is 0.506 e. The van der Waals surface area contributed by atoms with Gasteiger partial charge in [-0.3, -0.25) is 4.98 Å². The predicted octanol–water partition coefficient (Wildman–Crippen LogP) is 2.46. The molecular weight excluding hydrogens is 200 g/mol. The van der Waals surface area contributed by atoms with Crippen LogP contribution >= 0.6 is 0 Å². The molecule has 2 rings (SSSR count). The fourth-order valence-electron chi connectivity index (χ4n) is 2.39. The van der Waals surface area contributed by atoms with E-state index in [9.17, 15) is 0 Å². The van der Waals surface area contributed by atoms with Gasteiger partial charge in [-0.05, 0) is 30.9 Å². The van der Waals surface area contributed by atoms with E-state index in [0.717, 1.165) is 18.2 Å². The summed E-state index contributed by atoms with van der Waals surface area (Å²) in [4.78, 5) is 4.17. The summed E-state index contributed by atoms with van der Waals surface area (Å²) in [6, 6.07) is 4.20. The molecule has 1 aromatic heterocycles. The molecule has 1 heterocycles. The highest BCUT2D eigenvalue weighted by atomic mass is 16.3. The summed E-state index contributed by atoms with van der Waals surface area (Å²) in [7, 11) is 0. The zero-order chi connectivity index (χ0) is 11.4. The molecule has 0 saturated heterocycles. The number of nitrogens with one attached hydrogen (secondary N) is 1. The zero-order valence-electron chi connectivity index (χ0n) is 9.82. The minimum Gasteiger partial charge on any atom is -0.506 e. The monoisotopic (exact) mass is 220 g/mol. The maximum absolute atomic E-state index is 9.13. The van der Waals surface area contributed by atoms with Crippen LogP contribution in [0.3, 0.4) is 0 Å². The molecule has 1 aliphatic rings. The second-order valence-electron chi connectivity index (χ2n) is 4.86. The van der Waals surface area contributed by atoms with E-state index in [4.69, 9.17) is 5.11 Å². The lowest BCUT2D eigenvalue weighted by Crippen LogP contribution is -2.33. The number of nitrogens with zero attached hydrogens (tertiary/aromatic N) is 1. The Bertz CT molecular complexity index is 323. The molecule has 0 radical (unpaired) electrons. The van der Waals surface area contributed by atoms with Gasteiger partial charge in [-0.15, -0.1) is 0 Å². The van der Waals surface area contributed by atoms with Crippen molar-refractivity contribution in [3.05, 3.63) is 24.0 Å². The summed E-state index contributed by atoms with van der Waals surface area (Å²) in [6.45, 7) is 3.13. The lowest BCUT2D eigenvalue weighted by atomic mass is 9.87. The third-order valence-electron chi connectivity index (χ3n) is 3.32. The highest BCUT2D eigenvalue weighted by molar-refractivity contribution is 5.17. The SMILES string of the molecule is CC1CCCC(NCc2ccc(O)cn2)C1. The molecule has 0 amide bonds. The molecule has 3 nitrogen and oxygen atoms in total. The third kappa shape index (κ3) is 3.20. The average Bonchev–Trinajstić information content (AvgIpc) is 2.28. The Kier molecular flexibility index (Phi) is 3.78. The van der Waals surface area contributed by atoms with Gasteiger partial charge in [0.15, 0.2) is 0 Å². The van der Waals surface area contributed by atoms with Gasteiger partial charge < -0.3 is 10.4 Å². The molecule has 2 N–H and O–H groups in total. The van der Waals surface area contributed by atoms with E-state index in [-0.39, 0.29) is 5.75 Å². The van der Waals surface area contributed by atoms with Crippen LogP contribution in [0.25, 0.3) is 0 Å². The number of rotatable bonds is 3. The maximum Gasteiger partial charge on any atom is 0.133 e. The molecule has 0 aliphatic heterocycles. The Hall–Kier alpha value is -1.09. The Balaban J connectivity index is 1.80. The van der Waals surface area contributed by atoms with Crippen molar-refractivity contribution in [2.75, 3.05) is 0 Å². The number of pyridine rings is 1. The highest BCUT2D eigenvalue weighted by Crippen LogP contribution is 2.23. The summed E-state index contributed by atoms with van der Waals surface area (Å²) in [5.41, 5.74) is 0.996. The second kappa shape index (κ2) is 5.30. The van der Waals surface area contributed by atoms with Crippen LogP contribution < -0.4 is 5.32 Å². The van der Waals surface area contributed by atoms with Crippen molar-refractivity contribution in [1.82, 2.24) is 10.3 Å². The van der Waals surface area contributed by atoms with Gasteiger partial charge in [0.1, 0.15) is 5.75 Å². The molecule has 1 saturated carbocycles. The van der Waals surface area contributed by atoms with Crippen LogP contribution in [-0.2, 0) is 6.54 Å². The first kappa shape index (κ1) is 11.4. The molecular formula is C13H20N2O. The van der Waals surface area contributed by atoms with Gasteiger partial charge in [-0.25, -0.2) is 0 Å². The van der Waals surface area contributed by atoms with E-state index in [1.165, 1.54) is 31.9 Å². The molecule has 1 fully saturated rings. The summed E-state index contributed by atoms with van der Waals surface area (Å²) in [5.74, 6) is 1.08. The molecule has 2 unspecified atom stereocenters. The van der Waals surface area contributed by atoms with E-state index in [0.29, 0.717) is 6.04 Å². The lowest BCUT2D eigenvalue weighted by molar-refractivity contribution is 0.300. The Morgan fingerprint density at radius 2 is 2.31 bits per heavy atom. The molecule has 88 valence electrons. The van der Waals surface area contributed by atoms with E-state index < -0.39 is 0 Å². The van der Waals surface area contributed by atoms with Gasteiger partial charge in [-0.1, -0.05) is 19.8 Å². The van der Waals surface area contributed by atoms with Crippen molar-refractivity contribution in [2.45, 2.75) is 45.2 Å². The standard InChI is InChI=1S/C13H20N2O/c1-10-3-2-4-11(7-10)14-8-12-5-6-13(16)9-15-12/h5-6,9-11,14,16H,2-4,7-8H2,1H3. The number of aromatic nitrogens is 1. The number of hydrogen-bond acceptors (Lipinski definition) is 3. The van der Waals surface area contributed by atoms with Crippen LogP contribution in [0.1, 0.15) is 38.3 Å². The van der Waals surface area contributed by atoms with Crippen molar-refractivity contribution in [1.29, 1.82) is 0 Å². The topological polar surface area (TPSA) is 45.1 Å². The van der Waals surface area contributed by atoms with E-state index in [2.05, 4.69) is 17.2 Å². The fraction of sp³-hybridized carbons (Fsp3) is 0.615. The first-order valence-electron chi connectivity index (χ1n) is 6.11. The molecule has 0 bridgehead atoms. The molecule has 16 heavy (non-hydrogen) atoms. The van der Waals surface area contributed by atoms with Crippen LogP contribution in [0.4, 0.5) is 0 Å². The van der Waals surface area contributed by atoms with E-state index in [1.54, 1.807) is 6.07 Å². The predicted molar refractivity (Wildman–Crippen MR) is 64.2 cm³/mol. The summed E-state index contributed by atoms with van der Waals surface area (Å²) >= 11 is 0. The van der Waals surface area contributed by atoms with Gasteiger partial charge in [0.05, 0.1) is 11.9 Å². The van der Waals surface area contributed by atoms with Crippen LogP contribution in [0.2, 0.25) is 0 Å². The first-order chi connectivity index (χ1) is 7.74. The molecule has 2 atom stereocenters. The number of hydrogen-bond donors (Lipinski definition) is 2. The normalized spacial score (nSPS) is 25.6. The summed E-state index contributed by atoms with van der Waals surface area (Å²) < 4.78 is 0. The maximum atomic E-state index is 9.13. The first-order valence-corrected chi connectivity index (χ1v) is 6.11.